The van der Waals surface area contributed by atoms with Crippen LogP contribution in [0.4, 0.5) is 0 Å². The minimum absolute atomic E-state index is 0.173. The summed E-state index contributed by atoms with van der Waals surface area (Å²) in [5, 5.41) is 0. The summed E-state index contributed by atoms with van der Waals surface area (Å²) in [5.41, 5.74) is 4.54. The summed E-state index contributed by atoms with van der Waals surface area (Å²) in [4.78, 5) is 27.5. The van der Waals surface area contributed by atoms with Gasteiger partial charge in [0.25, 0.3) is 0 Å². The van der Waals surface area contributed by atoms with E-state index in [1.54, 1.807) is 26.4 Å². The first kappa shape index (κ1) is 19.8. The van der Waals surface area contributed by atoms with Crippen molar-refractivity contribution in [3.05, 3.63) is 107 Å². The van der Waals surface area contributed by atoms with Gasteiger partial charge in [-0.25, -0.2) is 0 Å². The lowest BCUT2D eigenvalue weighted by Crippen LogP contribution is -2.22. The Bertz CT molecular complexity index is 1280. The fourth-order valence-electron chi connectivity index (χ4n) is 4.42. The third kappa shape index (κ3) is 2.92. The molecule has 0 unspecified atom stereocenters. The minimum atomic E-state index is -0.173. The molecule has 0 radical (unpaired) electrons. The Morgan fingerprint density at radius 3 is 1.19 bits per heavy atom. The molecule has 0 heterocycles. The lowest BCUT2D eigenvalue weighted by atomic mass is 9.77. The molecule has 5 rings (SSSR count). The molecule has 0 spiro atoms. The Morgan fingerprint density at radius 2 is 0.781 bits per heavy atom. The largest absolute Gasteiger partial charge is 0.496 e. The molecule has 32 heavy (non-hydrogen) atoms. The topological polar surface area (TPSA) is 52.6 Å². The fourth-order valence-corrected chi connectivity index (χ4v) is 4.42. The third-order valence-corrected chi connectivity index (χ3v) is 5.87. The number of ketones is 2. The molecule has 4 aromatic carbocycles. The highest BCUT2D eigenvalue weighted by Gasteiger charge is 2.34. The molecule has 1 aliphatic carbocycles. The average molecular weight is 420 g/mol. The summed E-state index contributed by atoms with van der Waals surface area (Å²) >= 11 is 0. The van der Waals surface area contributed by atoms with Crippen molar-refractivity contribution in [2.24, 2.45) is 0 Å². The van der Waals surface area contributed by atoms with Gasteiger partial charge in [-0.3, -0.25) is 9.59 Å². The van der Waals surface area contributed by atoms with Crippen LogP contribution in [0, 0.1) is 0 Å². The zero-order valence-corrected chi connectivity index (χ0v) is 17.7. The van der Waals surface area contributed by atoms with E-state index >= 15 is 0 Å². The maximum Gasteiger partial charge on any atom is 0.195 e. The molecule has 4 nitrogen and oxygen atoms in total. The SMILES string of the molecule is COc1ccccc1-c1cccc2c1C(=O)c1cccc(-c3ccccc3OC)c1C2=O. The molecular formula is C28H20O4. The third-order valence-electron chi connectivity index (χ3n) is 5.87. The van der Waals surface area contributed by atoms with Gasteiger partial charge < -0.3 is 9.47 Å². The highest BCUT2D eigenvalue weighted by Crippen LogP contribution is 2.41. The number of methoxy groups -OCH3 is 2. The quantitative estimate of drug-likeness (QED) is 0.368. The standard InChI is InChI=1S/C28H20O4/c1-31-23-15-5-3-9-17(23)19-11-7-13-21-25(19)27(29)22-14-8-12-20(26(22)28(21)30)18-10-4-6-16-24(18)32-2/h3-16H,1-2H3. The van der Waals surface area contributed by atoms with Crippen LogP contribution in [0.25, 0.3) is 22.3 Å². The Morgan fingerprint density at radius 1 is 0.438 bits per heavy atom. The van der Waals surface area contributed by atoms with Gasteiger partial charge in [0.2, 0.25) is 0 Å². The van der Waals surface area contributed by atoms with Crippen molar-refractivity contribution in [3.8, 4) is 33.8 Å². The van der Waals surface area contributed by atoms with E-state index in [4.69, 9.17) is 9.47 Å². The lowest BCUT2D eigenvalue weighted by molar-refractivity contribution is 0.0980. The Balaban J connectivity index is 1.76. The molecule has 0 saturated heterocycles. The van der Waals surface area contributed by atoms with E-state index in [-0.39, 0.29) is 11.6 Å². The molecule has 156 valence electrons. The van der Waals surface area contributed by atoms with E-state index in [9.17, 15) is 9.59 Å². The Hall–Kier alpha value is -4.18. The van der Waals surface area contributed by atoms with Crippen LogP contribution in [0.1, 0.15) is 31.8 Å². The van der Waals surface area contributed by atoms with Crippen LogP contribution in [-0.2, 0) is 0 Å². The molecular weight excluding hydrogens is 400 g/mol. The first-order chi connectivity index (χ1) is 15.7. The molecule has 0 aromatic heterocycles. The van der Waals surface area contributed by atoms with Crippen molar-refractivity contribution in [1.29, 1.82) is 0 Å². The highest BCUT2D eigenvalue weighted by atomic mass is 16.5. The van der Waals surface area contributed by atoms with Crippen molar-refractivity contribution in [1.82, 2.24) is 0 Å². The van der Waals surface area contributed by atoms with Crippen LogP contribution in [0.2, 0.25) is 0 Å². The second kappa shape index (κ2) is 7.82. The first-order valence-corrected chi connectivity index (χ1v) is 10.3. The van der Waals surface area contributed by atoms with Crippen LogP contribution >= 0.6 is 0 Å². The van der Waals surface area contributed by atoms with Gasteiger partial charge in [0.15, 0.2) is 11.6 Å². The van der Waals surface area contributed by atoms with Gasteiger partial charge in [-0.1, -0.05) is 72.8 Å². The second-order valence-electron chi connectivity index (χ2n) is 7.52. The highest BCUT2D eigenvalue weighted by molar-refractivity contribution is 6.32. The number of fused-ring (bicyclic) bond motifs is 2. The van der Waals surface area contributed by atoms with Gasteiger partial charge in [-0.15, -0.1) is 0 Å². The summed E-state index contributed by atoms with van der Waals surface area (Å²) in [7, 11) is 3.19. The molecule has 0 saturated carbocycles. The molecule has 4 heteroatoms. The maximum atomic E-state index is 13.8. The van der Waals surface area contributed by atoms with Crippen LogP contribution in [0.15, 0.2) is 84.9 Å². The van der Waals surface area contributed by atoms with Crippen molar-refractivity contribution < 1.29 is 19.1 Å². The monoisotopic (exact) mass is 420 g/mol. The predicted molar refractivity (Wildman–Crippen MR) is 124 cm³/mol. The second-order valence-corrected chi connectivity index (χ2v) is 7.52. The van der Waals surface area contributed by atoms with Gasteiger partial charge in [0.1, 0.15) is 11.5 Å². The first-order valence-electron chi connectivity index (χ1n) is 10.3. The molecule has 4 aromatic rings. The summed E-state index contributed by atoms with van der Waals surface area (Å²) in [5.74, 6) is 0.949. The predicted octanol–water partition coefficient (Wildman–Crippen LogP) is 5.81. The normalized spacial score (nSPS) is 12.2. The summed E-state index contributed by atoms with van der Waals surface area (Å²) < 4.78 is 11.0. The number of benzene rings is 4. The maximum absolute atomic E-state index is 13.8. The van der Waals surface area contributed by atoms with Gasteiger partial charge >= 0.3 is 0 Å². The zero-order valence-electron chi connectivity index (χ0n) is 17.7. The Kier molecular flexibility index (Phi) is 4.83. The van der Waals surface area contributed by atoms with Crippen LogP contribution in [0.5, 0.6) is 11.5 Å². The van der Waals surface area contributed by atoms with Gasteiger partial charge in [-0.05, 0) is 23.3 Å². The molecule has 0 N–H and O–H groups in total. The number of hydrogen-bond acceptors (Lipinski definition) is 4. The summed E-state index contributed by atoms with van der Waals surface area (Å²) in [6, 6.07) is 25.8. The van der Waals surface area contributed by atoms with E-state index in [2.05, 4.69) is 0 Å². The number of rotatable bonds is 4. The van der Waals surface area contributed by atoms with Crippen LogP contribution < -0.4 is 9.47 Å². The number of para-hydroxylation sites is 2. The number of hydrogen-bond donors (Lipinski definition) is 0. The van der Waals surface area contributed by atoms with Crippen LogP contribution in [-0.4, -0.2) is 25.8 Å². The number of ether oxygens (including phenoxy) is 2. The molecule has 1 aliphatic rings. The lowest BCUT2D eigenvalue weighted by Gasteiger charge is -2.23. The van der Waals surface area contributed by atoms with Crippen molar-refractivity contribution >= 4 is 11.6 Å². The smallest absolute Gasteiger partial charge is 0.195 e. The van der Waals surface area contributed by atoms with Gasteiger partial charge in [0, 0.05) is 33.4 Å². The minimum Gasteiger partial charge on any atom is -0.496 e. The van der Waals surface area contributed by atoms with Crippen LogP contribution in [0.3, 0.4) is 0 Å². The molecule has 0 amide bonds. The van der Waals surface area contributed by atoms with E-state index in [0.29, 0.717) is 44.9 Å². The van der Waals surface area contributed by atoms with Crippen molar-refractivity contribution in [2.45, 2.75) is 0 Å². The summed E-state index contributed by atoms with van der Waals surface area (Å²) in [6.45, 7) is 0. The van der Waals surface area contributed by atoms with Gasteiger partial charge in [0.05, 0.1) is 14.2 Å². The molecule has 0 bridgehead atoms. The van der Waals surface area contributed by atoms with Crippen molar-refractivity contribution in [3.63, 3.8) is 0 Å². The zero-order chi connectivity index (χ0) is 22.2. The van der Waals surface area contributed by atoms with E-state index < -0.39 is 0 Å². The molecule has 0 aliphatic heterocycles. The molecule has 0 atom stereocenters. The van der Waals surface area contributed by atoms with E-state index in [1.807, 2.05) is 72.8 Å². The summed E-state index contributed by atoms with van der Waals surface area (Å²) in [6.07, 6.45) is 0. The fraction of sp³-hybridized carbons (Fsp3) is 0.0714. The van der Waals surface area contributed by atoms with Gasteiger partial charge in [-0.2, -0.15) is 0 Å². The molecule has 0 fully saturated rings. The number of carbonyl (C=O) groups excluding carboxylic acids is 2. The van der Waals surface area contributed by atoms with E-state index in [1.165, 1.54) is 0 Å². The van der Waals surface area contributed by atoms with E-state index in [0.717, 1.165) is 11.1 Å². The average Bonchev–Trinajstić information content (AvgIpc) is 2.86. The van der Waals surface area contributed by atoms with Crippen molar-refractivity contribution in [2.75, 3.05) is 14.2 Å². The number of carbonyl (C=O) groups is 2. The Labute approximate surface area is 186 Å².